The van der Waals surface area contributed by atoms with E-state index in [2.05, 4.69) is 5.32 Å². The summed E-state index contributed by atoms with van der Waals surface area (Å²) in [4.78, 5) is 43.1. The van der Waals surface area contributed by atoms with Gasteiger partial charge >= 0.3 is 0 Å². The quantitative estimate of drug-likeness (QED) is 0.706. The summed E-state index contributed by atoms with van der Waals surface area (Å²) in [6.45, 7) is 1.81. The van der Waals surface area contributed by atoms with E-state index in [1.165, 1.54) is 16.7 Å². The minimum Gasteiger partial charge on any atom is -0.354 e. The van der Waals surface area contributed by atoms with Gasteiger partial charge in [0.05, 0.1) is 5.69 Å². The SMILES string of the molecule is O=C(CN1C(=O)[C@H](C(=O)N2CCCCC2)Sc2ccccc21)NCCc1ccccc1. The Bertz CT molecular complexity index is 944. The Labute approximate surface area is 187 Å². The number of piperidine rings is 1. The molecule has 2 aromatic rings. The third kappa shape index (κ3) is 5.10. The smallest absolute Gasteiger partial charge is 0.250 e. The molecule has 4 rings (SSSR count). The van der Waals surface area contributed by atoms with Crippen molar-refractivity contribution in [2.24, 2.45) is 0 Å². The first-order chi connectivity index (χ1) is 15.1. The second-order valence-corrected chi connectivity index (χ2v) is 9.01. The van der Waals surface area contributed by atoms with Crippen molar-refractivity contribution in [3.63, 3.8) is 0 Å². The van der Waals surface area contributed by atoms with Crippen LogP contribution in [0, 0.1) is 0 Å². The number of nitrogens with zero attached hydrogens (tertiary/aromatic N) is 2. The molecular formula is C24H27N3O3S. The first-order valence-electron chi connectivity index (χ1n) is 10.8. The number of likely N-dealkylation sites (tertiary alicyclic amines) is 1. The number of thioether (sulfide) groups is 1. The summed E-state index contributed by atoms with van der Waals surface area (Å²) in [5.74, 6) is -0.675. The summed E-state index contributed by atoms with van der Waals surface area (Å²) >= 11 is 1.30. The van der Waals surface area contributed by atoms with Crippen molar-refractivity contribution in [2.75, 3.05) is 31.1 Å². The van der Waals surface area contributed by atoms with Crippen molar-refractivity contribution >= 4 is 35.2 Å². The molecule has 0 aromatic heterocycles. The molecule has 2 aliphatic rings. The Morgan fingerprint density at radius 2 is 1.68 bits per heavy atom. The van der Waals surface area contributed by atoms with E-state index < -0.39 is 5.25 Å². The van der Waals surface area contributed by atoms with Crippen molar-refractivity contribution in [3.05, 3.63) is 60.2 Å². The normalized spacial score (nSPS) is 18.5. The third-order valence-electron chi connectivity index (χ3n) is 5.66. The highest BCUT2D eigenvalue weighted by molar-refractivity contribution is 8.01. The highest BCUT2D eigenvalue weighted by Crippen LogP contribution is 2.39. The molecule has 2 aromatic carbocycles. The molecule has 1 atom stereocenters. The summed E-state index contributed by atoms with van der Waals surface area (Å²) < 4.78 is 0. The van der Waals surface area contributed by atoms with Gasteiger partial charge in [0.1, 0.15) is 6.54 Å². The van der Waals surface area contributed by atoms with Crippen molar-refractivity contribution in [1.29, 1.82) is 0 Å². The Hall–Kier alpha value is -2.80. The third-order valence-corrected chi connectivity index (χ3v) is 6.90. The number of anilines is 1. The van der Waals surface area contributed by atoms with Crippen LogP contribution in [0.4, 0.5) is 5.69 Å². The maximum absolute atomic E-state index is 13.3. The molecule has 0 saturated carbocycles. The molecule has 0 bridgehead atoms. The van der Waals surface area contributed by atoms with Crippen LogP contribution in [0.3, 0.4) is 0 Å². The van der Waals surface area contributed by atoms with Gasteiger partial charge in [-0.15, -0.1) is 11.8 Å². The lowest BCUT2D eigenvalue weighted by atomic mass is 10.1. The molecule has 1 saturated heterocycles. The second kappa shape index (κ2) is 10.0. The van der Waals surface area contributed by atoms with Crippen LogP contribution in [-0.4, -0.2) is 54.1 Å². The van der Waals surface area contributed by atoms with E-state index in [0.717, 1.165) is 36.1 Å². The van der Waals surface area contributed by atoms with Gasteiger partial charge in [-0.1, -0.05) is 42.5 Å². The van der Waals surface area contributed by atoms with Crippen LogP contribution in [-0.2, 0) is 20.8 Å². The first kappa shape index (κ1) is 21.4. The first-order valence-corrected chi connectivity index (χ1v) is 11.7. The van der Waals surface area contributed by atoms with Crippen molar-refractivity contribution in [1.82, 2.24) is 10.2 Å². The molecule has 0 spiro atoms. The zero-order valence-electron chi connectivity index (χ0n) is 17.5. The van der Waals surface area contributed by atoms with Crippen LogP contribution in [0.2, 0.25) is 0 Å². The Kier molecular flexibility index (Phi) is 6.92. The summed E-state index contributed by atoms with van der Waals surface area (Å²) in [5, 5.41) is 2.07. The Morgan fingerprint density at radius 1 is 0.968 bits per heavy atom. The van der Waals surface area contributed by atoms with Gasteiger partial charge < -0.3 is 15.1 Å². The monoisotopic (exact) mass is 437 g/mol. The van der Waals surface area contributed by atoms with Crippen LogP contribution < -0.4 is 10.2 Å². The number of rotatable bonds is 6. The molecule has 7 heteroatoms. The highest BCUT2D eigenvalue weighted by Gasteiger charge is 2.40. The van der Waals surface area contributed by atoms with Crippen molar-refractivity contribution in [2.45, 2.75) is 35.8 Å². The van der Waals surface area contributed by atoms with Crippen LogP contribution >= 0.6 is 11.8 Å². The van der Waals surface area contributed by atoms with E-state index in [0.29, 0.717) is 25.3 Å². The van der Waals surface area contributed by atoms with E-state index in [1.807, 2.05) is 54.6 Å². The second-order valence-electron chi connectivity index (χ2n) is 7.86. The lowest BCUT2D eigenvalue weighted by Crippen LogP contribution is -2.52. The number of amides is 3. The van der Waals surface area contributed by atoms with Crippen LogP contribution in [0.15, 0.2) is 59.5 Å². The van der Waals surface area contributed by atoms with Crippen LogP contribution in [0.25, 0.3) is 0 Å². The van der Waals surface area contributed by atoms with Gasteiger partial charge in [-0.05, 0) is 43.4 Å². The summed E-state index contributed by atoms with van der Waals surface area (Å²) in [6, 6.07) is 17.4. The number of hydrogen-bond acceptors (Lipinski definition) is 4. The lowest BCUT2D eigenvalue weighted by molar-refractivity contribution is -0.135. The predicted molar refractivity (Wildman–Crippen MR) is 122 cm³/mol. The number of carbonyl (C=O) groups is 3. The molecule has 162 valence electrons. The van der Waals surface area contributed by atoms with Crippen molar-refractivity contribution in [3.8, 4) is 0 Å². The average Bonchev–Trinajstić information content (AvgIpc) is 2.81. The van der Waals surface area contributed by atoms with Gasteiger partial charge in [0.15, 0.2) is 5.25 Å². The van der Waals surface area contributed by atoms with Gasteiger partial charge in [0.25, 0.3) is 5.91 Å². The number of hydrogen-bond donors (Lipinski definition) is 1. The van der Waals surface area contributed by atoms with Crippen LogP contribution in [0.5, 0.6) is 0 Å². The zero-order chi connectivity index (χ0) is 21.6. The molecule has 2 aliphatic heterocycles. The summed E-state index contributed by atoms with van der Waals surface area (Å²) in [6.07, 6.45) is 3.79. The molecule has 0 aliphatic carbocycles. The standard InChI is InChI=1S/C24H27N3O3S/c28-21(25-14-13-18-9-3-1-4-10-18)17-27-19-11-5-6-12-20(19)31-22(24(27)30)23(29)26-15-7-2-8-16-26/h1,3-6,9-12,22H,2,7-8,13-17H2,(H,25,28)/t22-/m0/s1. The molecule has 6 nitrogen and oxygen atoms in total. The van der Waals surface area contributed by atoms with Gasteiger partial charge in [-0.25, -0.2) is 0 Å². The summed E-state index contributed by atoms with van der Waals surface area (Å²) in [7, 11) is 0. The van der Waals surface area contributed by atoms with E-state index in [4.69, 9.17) is 0 Å². The largest absolute Gasteiger partial charge is 0.354 e. The predicted octanol–water partition coefficient (Wildman–Crippen LogP) is 2.87. The molecule has 3 amide bonds. The van der Waals surface area contributed by atoms with Gasteiger partial charge in [0, 0.05) is 24.5 Å². The fraction of sp³-hybridized carbons (Fsp3) is 0.375. The fourth-order valence-corrected chi connectivity index (χ4v) is 5.20. The number of para-hydroxylation sites is 1. The number of nitrogens with one attached hydrogen (secondary N) is 1. The molecule has 0 radical (unpaired) electrons. The Morgan fingerprint density at radius 3 is 2.45 bits per heavy atom. The molecular weight excluding hydrogens is 410 g/mol. The van der Waals surface area contributed by atoms with E-state index in [1.54, 1.807) is 4.90 Å². The molecule has 2 heterocycles. The molecule has 31 heavy (non-hydrogen) atoms. The summed E-state index contributed by atoms with van der Waals surface area (Å²) in [5.41, 5.74) is 1.84. The lowest BCUT2D eigenvalue weighted by Gasteiger charge is -2.36. The van der Waals surface area contributed by atoms with Gasteiger partial charge in [0.2, 0.25) is 11.8 Å². The molecule has 1 fully saturated rings. The number of fused-ring (bicyclic) bond motifs is 1. The maximum Gasteiger partial charge on any atom is 0.250 e. The van der Waals surface area contributed by atoms with E-state index in [-0.39, 0.29) is 24.3 Å². The number of carbonyl (C=O) groups excluding carboxylic acids is 3. The maximum atomic E-state index is 13.3. The van der Waals surface area contributed by atoms with E-state index >= 15 is 0 Å². The topological polar surface area (TPSA) is 69.7 Å². The van der Waals surface area contributed by atoms with E-state index in [9.17, 15) is 14.4 Å². The fourth-order valence-electron chi connectivity index (χ4n) is 4.01. The molecule has 1 N–H and O–H groups in total. The van der Waals surface area contributed by atoms with Gasteiger partial charge in [-0.3, -0.25) is 14.4 Å². The van der Waals surface area contributed by atoms with Crippen LogP contribution in [0.1, 0.15) is 24.8 Å². The number of benzene rings is 2. The minimum atomic E-state index is -0.829. The Balaban J connectivity index is 1.44. The highest BCUT2D eigenvalue weighted by atomic mass is 32.2. The zero-order valence-corrected chi connectivity index (χ0v) is 18.3. The minimum absolute atomic E-state index is 0.0883. The average molecular weight is 438 g/mol. The molecule has 0 unspecified atom stereocenters. The van der Waals surface area contributed by atoms with Crippen molar-refractivity contribution < 1.29 is 14.4 Å². The van der Waals surface area contributed by atoms with Gasteiger partial charge in [-0.2, -0.15) is 0 Å².